The SMILES string of the molecule is COc1ccc(CC(=O)N/N=C\c2cc([N+](=O)[O-])ccc2Cl)cc1. The van der Waals surface area contributed by atoms with Crippen LogP contribution in [0, 0.1) is 10.1 Å². The van der Waals surface area contributed by atoms with E-state index in [0.29, 0.717) is 16.3 Å². The van der Waals surface area contributed by atoms with Crippen LogP contribution in [0.2, 0.25) is 5.02 Å². The quantitative estimate of drug-likeness (QED) is 0.494. The lowest BCUT2D eigenvalue weighted by atomic mass is 10.1. The number of nitrogens with one attached hydrogen (secondary N) is 1. The summed E-state index contributed by atoms with van der Waals surface area (Å²) in [4.78, 5) is 22.0. The van der Waals surface area contributed by atoms with Gasteiger partial charge in [-0.15, -0.1) is 0 Å². The van der Waals surface area contributed by atoms with Gasteiger partial charge in [0.25, 0.3) is 5.69 Å². The molecule has 0 spiro atoms. The van der Waals surface area contributed by atoms with E-state index in [0.717, 1.165) is 5.56 Å². The molecule has 0 heterocycles. The second-order valence-corrected chi connectivity index (χ2v) is 5.19. The molecule has 0 radical (unpaired) electrons. The van der Waals surface area contributed by atoms with Gasteiger partial charge >= 0.3 is 0 Å². The Morgan fingerprint density at radius 1 is 1.33 bits per heavy atom. The number of non-ortho nitro benzene ring substituents is 1. The molecule has 0 saturated carbocycles. The average Bonchev–Trinajstić information content (AvgIpc) is 2.57. The Bertz CT molecular complexity index is 775. The van der Waals surface area contributed by atoms with Crippen LogP contribution in [0.3, 0.4) is 0 Å². The van der Waals surface area contributed by atoms with Gasteiger partial charge in [-0.3, -0.25) is 14.9 Å². The first kappa shape index (κ1) is 17.4. The topological polar surface area (TPSA) is 93.8 Å². The molecule has 0 aromatic heterocycles. The minimum Gasteiger partial charge on any atom is -0.497 e. The van der Waals surface area contributed by atoms with Crippen molar-refractivity contribution in [3.63, 3.8) is 0 Å². The Hall–Kier alpha value is -2.93. The number of nitro benzene ring substituents is 1. The highest BCUT2D eigenvalue weighted by molar-refractivity contribution is 6.33. The smallest absolute Gasteiger partial charge is 0.270 e. The molecule has 2 aromatic rings. The number of nitrogens with zero attached hydrogens (tertiary/aromatic N) is 2. The predicted octanol–water partition coefficient (Wildman–Crippen LogP) is 2.95. The molecule has 0 aliphatic heterocycles. The lowest BCUT2D eigenvalue weighted by Crippen LogP contribution is -2.19. The number of halogens is 1. The van der Waals surface area contributed by atoms with Crippen molar-refractivity contribution in [1.29, 1.82) is 0 Å². The molecule has 24 heavy (non-hydrogen) atoms. The van der Waals surface area contributed by atoms with Gasteiger partial charge in [0.1, 0.15) is 5.75 Å². The van der Waals surface area contributed by atoms with Gasteiger partial charge in [0, 0.05) is 22.7 Å². The van der Waals surface area contributed by atoms with Crippen LogP contribution in [0.5, 0.6) is 5.75 Å². The van der Waals surface area contributed by atoms with Crippen molar-refractivity contribution in [3.05, 3.63) is 68.7 Å². The lowest BCUT2D eigenvalue weighted by Gasteiger charge is -2.03. The summed E-state index contributed by atoms with van der Waals surface area (Å²) in [5.41, 5.74) is 3.39. The number of hydrogen-bond acceptors (Lipinski definition) is 5. The molecule has 1 amide bonds. The zero-order valence-corrected chi connectivity index (χ0v) is 13.5. The molecule has 0 saturated heterocycles. The Balaban J connectivity index is 1.96. The highest BCUT2D eigenvalue weighted by atomic mass is 35.5. The first-order valence-corrected chi connectivity index (χ1v) is 7.26. The molecule has 0 aliphatic rings. The fourth-order valence-electron chi connectivity index (χ4n) is 1.89. The van der Waals surface area contributed by atoms with E-state index in [4.69, 9.17) is 16.3 Å². The highest BCUT2D eigenvalue weighted by Crippen LogP contribution is 2.20. The fourth-order valence-corrected chi connectivity index (χ4v) is 2.05. The molecule has 0 aliphatic carbocycles. The zero-order chi connectivity index (χ0) is 17.5. The normalized spacial score (nSPS) is 10.6. The number of ether oxygens (including phenoxy) is 1. The summed E-state index contributed by atoms with van der Waals surface area (Å²) in [5.74, 6) is 0.385. The minimum absolute atomic E-state index is 0.106. The van der Waals surface area contributed by atoms with E-state index in [-0.39, 0.29) is 18.0 Å². The third-order valence-corrected chi connectivity index (χ3v) is 3.45. The summed E-state index contributed by atoms with van der Waals surface area (Å²) in [6, 6.07) is 11.0. The molecule has 0 bridgehead atoms. The van der Waals surface area contributed by atoms with Crippen molar-refractivity contribution >= 4 is 29.4 Å². The Morgan fingerprint density at radius 2 is 2.04 bits per heavy atom. The molecule has 124 valence electrons. The summed E-state index contributed by atoms with van der Waals surface area (Å²) in [7, 11) is 1.56. The molecule has 2 rings (SSSR count). The first-order chi connectivity index (χ1) is 11.5. The van der Waals surface area contributed by atoms with Crippen LogP contribution in [0.25, 0.3) is 0 Å². The minimum atomic E-state index is -0.532. The van der Waals surface area contributed by atoms with E-state index in [1.54, 1.807) is 31.4 Å². The van der Waals surface area contributed by atoms with E-state index in [1.165, 1.54) is 24.4 Å². The third kappa shape index (κ3) is 4.79. The van der Waals surface area contributed by atoms with Crippen molar-refractivity contribution in [1.82, 2.24) is 5.43 Å². The van der Waals surface area contributed by atoms with Crippen LogP contribution < -0.4 is 10.2 Å². The molecule has 1 N–H and O–H groups in total. The highest BCUT2D eigenvalue weighted by Gasteiger charge is 2.08. The maximum atomic E-state index is 11.8. The van der Waals surface area contributed by atoms with Gasteiger partial charge in [-0.05, 0) is 23.8 Å². The summed E-state index contributed by atoms with van der Waals surface area (Å²) in [6.07, 6.45) is 1.41. The molecule has 7 nitrogen and oxygen atoms in total. The third-order valence-electron chi connectivity index (χ3n) is 3.11. The predicted molar refractivity (Wildman–Crippen MR) is 90.5 cm³/mol. The van der Waals surface area contributed by atoms with E-state index in [1.807, 2.05) is 0 Å². The summed E-state index contributed by atoms with van der Waals surface area (Å²) in [6.45, 7) is 0. The zero-order valence-electron chi connectivity index (χ0n) is 12.7. The molecular formula is C16H14ClN3O4. The second-order valence-electron chi connectivity index (χ2n) is 4.78. The van der Waals surface area contributed by atoms with Crippen molar-refractivity contribution < 1.29 is 14.5 Å². The van der Waals surface area contributed by atoms with E-state index < -0.39 is 4.92 Å². The van der Waals surface area contributed by atoms with Crippen LogP contribution in [0.15, 0.2) is 47.6 Å². The number of rotatable bonds is 6. The number of hydrazone groups is 1. The summed E-state index contributed by atoms with van der Waals surface area (Å²) >= 11 is 5.94. The first-order valence-electron chi connectivity index (χ1n) is 6.88. The lowest BCUT2D eigenvalue weighted by molar-refractivity contribution is -0.384. The number of nitro groups is 1. The van der Waals surface area contributed by atoms with Gasteiger partial charge in [0.05, 0.1) is 24.7 Å². The van der Waals surface area contributed by atoms with Crippen LogP contribution in [-0.2, 0) is 11.2 Å². The van der Waals surface area contributed by atoms with Gasteiger partial charge in [0.15, 0.2) is 0 Å². The Kier molecular flexibility index (Phi) is 5.86. The number of amides is 1. The molecule has 2 aromatic carbocycles. The Labute approximate surface area is 143 Å². The van der Waals surface area contributed by atoms with Gasteiger partial charge in [-0.2, -0.15) is 5.10 Å². The van der Waals surface area contributed by atoms with Crippen LogP contribution in [0.1, 0.15) is 11.1 Å². The molecule has 0 unspecified atom stereocenters. The van der Waals surface area contributed by atoms with E-state index in [2.05, 4.69) is 10.5 Å². The second kappa shape index (κ2) is 8.07. The molecular weight excluding hydrogens is 334 g/mol. The van der Waals surface area contributed by atoms with Gasteiger partial charge in [-0.25, -0.2) is 5.43 Å². The number of carbonyl (C=O) groups excluding carboxylic acids is 1. The molecule has 0 fully saturated rings. The van der Waals surface area contributed by atoms with Crippen molar-refractivity contribution in [3.8, 4) is 5.75 Å². The van der Waals surface area contributed by atoms with Crippen molar-refractivity contribution in [2.24, 2.45) is 5.10 Å². The van der Waals surface area contributed by atoms with Crippen molar-refractivity contribution in [2.75, 3.05) is 7.11 Å². The number of carbonyl (C=O) groups is 1. The number of hydrogen-bond donors (Lipinski definition) is 1. The number of methoxy groups -OCH3 is 1. The van der Waals surface area contributed by atoms with Crippen LogP contribution >= 0.6 is 11.6 Å². The monoisotopic (exact) mass is 347 g/mol. The van der Waals surface area contributed by atoms with Gasteiger partial charge in [0.2, 0.25) is 5.91 Å². The number of benzene rings is 2. The molecule has 8 heteroatoms. The van der Waals surface area contributed by atoms with Crippen LogP contribution in [-0.4, -0.2) is 24.2 Å². The average molecular weight is 348 g/mol. The standard InChI is InChI=1S/C16H14ClN3O4/c1-24-14-5-2-11(3-6-14)8-16(21)19-18-10-12-9-13(20(22)23)4-7-15(12)17/h2-7,9-10H,8H2,1H3,(H,19,21)/b18-10-. The maximum absolute atomic E-state index is 11.8. The summed E-state index contributed by atoms with van der Waals surface area (Å²) in [5, 5.41) is 14.8. The fraction of sp³-hybridized carbons (Fsp3) is 0.125. The van der Waals surface area contributed by atoms with E-state index in [9.17, 15) is 14.9 Å². The van der Waals surface area contributed by atoms with Crippen molar-refractivity contribution in [2.45, 2.75) is 6.42 Å². The van der Waals surface area contributed by atoms with Gasteiger partial charge in [-0.1, -0.05) is 23.7 Å². The van der Waals surface area contributed by atoms with Crippen LogP contribution in [0.4, 0.5) is 5.69 Å². The molecule has 0 atom stereocenters. The van der Waals surface area contributed by atoms with E-state index >= 15 is 0 Å². The summed E-state index contributed by atoms with van der Waals surface area (Å²) < 4.78 is 5.04. The maximum Gasteiger partial charge on any atom is 0.270 e. The largest absolute Gasteiger partial charge is 0.497 e. The Morgan fingerprint density at radius 3 is 2.67 bits per heavy atom. The van der Waals surface area contributed by atoms with Gasteiger partial charge < -0.3 is 4.74 Å².